The minimum Gasteiger partial charge on any atom is -0.228 e. The smallest absolute Gasteiger partial charge is 0.163 e. The molecule has 3 heteroatoms. The SMILES string of the molecule is CC(C)(C)C1=CC(S(=O)(=O)C2C=C(C(C)(C)C)C2)C1. The first-order valence-electron chi connectivity index (χ1n) is 7.07. The second kappa shape index (κ2) is 4.21. The van der Waals surface area contributed by atoms with Crippen LogP contribution >= 0.6 is 0 Å². The largest absolute Gasteiger partial charge is 0.228 e. The number of hydrogen-bond donors (Lipinski definition) is 0. The van der Waals surface area contributed by atoms with E-state index in [2.05, 4.69) is 41.5 Å². The van der Waals surface area contributed by atoms with Gasteiger partial charge in [0, 0.05) is 0 Å². The van der Waals surface area contributed by atoms with E-state index < -0.39 is 9.84 Å². The Morgan fingerprint density at radius 3 is 1.32 bits per heavy atom. The van der Waals surface area contributed by atoms with Crippen LogP contribution in [-0.4, -0.2) is 18.9 Å². The third-order valence-electron chi connectivity index (χ3n) is 4.39. The van der Waals surface area contributed by atoms with Crippen molar-refractivity contribution in [3.8, 4) is 0 Å². The Hall–Kier alpha value is -0.570. The summed E-state index contributed by atoms with van der Waals surface area (Å²) in [5, 5.41) is -0.492. The minimum atomic E-state index is -3.00. The summed E-state index contributed by atoms with van der Waals surface area (Å²) in [5.74, 6) is 0. The van der Waals surface area contributed by atoms with E-state index in [-0.39, 0.29) is 21.3 Å². The molecule has 0 bridgehead atoms. The van der Waals surface area contributed by atoms with E-state index in [9.17, 15) is 8.42 Å². The van der Waals surface area contributed by atoms with Gasteiger partial charge in [-0.3, -0.25) is 0 Å². The van der Waals surface area contributed by atoms with Crippen molar-refractivity contribution in [2.75, 3.05) is 0 Å². The highest BCUT2D eigenvalue weighted by Gasteiger charge is 2.43. The summed E-state index contributed by atoms with van der Waals surface area (Å²) in [7, 11) is -3.00. The fourth-order valence-corrected chi connectivity index (χ4v) is 4.55. The van der Waals surface area contributed by atoms with E-state index in [0.717, 1.165) is 12.8 Å². The lowest BCUT2D eigenvalue weighted by molar-refractivity contribution is 0.447. The monoisotopic (exact) mass is 282 g/mol. The fourth-order valence-electron chi connectivity index (χ4n) is 2.57. The van der Waals surface area contributed by atoms with Crippen LogP contribution in [0.25, 0.3) is 0 Å². The van der Waals surface area contributed by atoms with Crippen molar-refractivity contribution in [1.82, 2.24) is 0 Å². The van der Waals surface area contributed by atoms with Crippen LogP contribution in [0.3, 0.4) is 0 Å². The van der Waals surface area contributed by atoms with Gasteiger partial charge in [0.25, 0.3) is 0 Å². The molecular formula is C16H26O2S. The van der Waals surface area contributed by atoms with Crippen LogP contribution < -0.4 is 0 Å². The maximum atomic E-state index is 12.5. The van der Waals surface area contributed by atoms with Crippen LogP contribution in [0.2, 0.25) is 0 Å². The second-order valence-corrected chi connectivity index (χ2v) is 10.3. The predicted octanol–water partition coefficient (Wildman–Crippen LogP) is 3.89. The number of rotatable bonds is 2. The normalized spacial score (nSPS) is 28.1. The Labute approximate surface area is 117 Å². The summed E-state index contributed by atoms with van der Waals surface area (Å²) in [5.41, 5.74) is 2.77. The molecule has 2 aliphatic rings. The minimum absolute atomic E-state index is 0.109. The number of hydrogen-bond acceptors (Lipinski definition) is 2. The third-order valence-corrected chi connectivity index (χ3v) is 6.68. The van der Waals surface area contributed by atoms with Gasteiger partial charge in [-0.1, -0.05) is 64.8 Å². The second-order valence-electron chi connectivity index (χ2n) is 7.96. The van der Waals surface area contributed by atoms with Gasteiger partial charge in [0.05, 0.1) is 10.5 Å². The maximum absolute atomic E-state index is 12.5. The molecule has 0 N–H and O–H groups in total. The topological polar surface area (TPSA) is 34.1 Å². The maximum Gasteiger partial charge on any atom is 0.163 e. The molecule has 0 aliphatic heterocycles. The van der Waals surface area contributed by atoms with Crippen molar-refractivity contribution in [1.29, 1.82) is 0 Å². The summed E-state index contributed by atoms with van der Waals surface area (Å²) in [6, 6.07) is 0. The van der Waals surface area contributed by atoms with E-state index in [1.807, 2.05) is 12.2 Å². The number of sulfone groups is 1. The molecule has 0 spiro atoms. The molecule has 0 radical (unpaired) electrons. The highest BCUT2D eigenvalue weighted by molar-refractivity contribution is 7.93. The fraction of sp³-hybridized carbons (Fsp3) is 0.750. The van der Waals surface area contributed by atoms with Gasteiger partial charge < -0.3 is 0 Å². The van der Waals surface area contributed by atoms with Crippen molar-refractivity contribution in [3.63, 3.8) is 0 Å². The molecule has 0 aromatic rings. The molecule has 0 aromatic heterocycles. The van der Waals surface area contributed by atoms with E-state index in [4.69, 9.17) is 0 Å². The molecule has 2 atom stereocenters. The van der Waals surface area contributed by atoms with E-state index >= 15 is 0 Å². The van der Waals surface area contributed by atoms with E-state index in [0.29, 0.717) is 0 Å². The van der Waals surface area contributed by atoms with Crippen LogP contribution in [0.1, 0.15) is 54.4 Å². The molecule has 0 heterocycles. The molecule has 0 saturated carbocycles. The highest BCUT2D eigenvalue weighted by Crippen LogP contribution is 2.44. The van der Waals surface area contributed by atoms with Gasteiger partial charge in [-0.25, -0.2) is 8.42 Å². The predicted molar refractivity (Wildman–Crippen MR) is 80.8 cm³/mol. The molecule has 0 aromatic carbocycles. The first-order chi connectivity index (χ1) is 8.42. The Kier molecular flexibility index (Phi) is 3.29. The van der Waals surface area contributed by atoms with Crippen molar-refractivity contribution in [2.45, 2.75) is 64.9 Å². The van der Waals surface area contributed by atoms with Gasteiger partial charge in [-0.15, -0.1) is 0 Å². The first-order valence-corrected chi connectivity index (χ1v) is 8.68. The molecule has 19 heavy (non-hydrogen) atoms. The van der Waals surface area contributed by atoms with E-state index in [1.54, 1.807) is 0 Å². The van der Waals surface area contributed by atoms with Crippen LogP contribution in [0, 0.1) is 10.8 Å². The average Bonchev–Trinajstić information content (AvgIpc) is 1.86. The molecule has 0 amide bonds. The molecule has 2 rings (SSSR count). The lowest BCUT2D eigenvalue weighted by Gasteiger charge is -2.39. The zero-order valence-corrected chi connectivity index (χ0v) is 13.8. The molecule has 0 fully saturated rings. The van der Waals surface area contributed by atoms with Gasteiger partial charge in [0.2, 0.25) is 0 Å². The van der Waals surface area contributed by atoms with Crippen LogP contribution in [0.15, 0.2) is 23.3 Å². The van der Waals surface area contributed by atoms with Gasteiger partial charge in [0.1, 0.15) is 0 Å². The molecule has 108 valence electrons. The van der Waals surface area contributed by atoms with Crippen molar-refractivity contribution in [2.24, 2.45) is 10.8 Å². The highest BCUT2D eigenvalue weighted by atomic mass is 32.2. The van der Waals surface area contributed by atoms with Crippen molar-refractivity contribution in [3.05, 3.63) is 23.3 Å². The van der Waals surface area contributed by atoms with Crippen molar-refractivity contribution < 1.29 is 8.42 Å². The molecular weight excluding hydrogens is 256 g/mol. The Morgan fingerprint density at radius 2 is 1.11 bits per heavy atom. The summed E-state index contributed by atoms with van der Waals surface area (Å²) in [4.78, 5) is 0. The zero-order valence-electron chi connectivity index (χ0n) is 12.9. The summed E-state index contributed by atoms with van der Waals surface area (Å²) >= 11 is 0. The number of allylic oxidation sites excluding steroid dienone is 2. The average molecular weight is 282 g/mol. The van der Waals surface area contributed by atoms with Crippen LogP contribution in [0.5, 0.6) is 0 Å². The quantitative estimate of drug-likeness (QED) is 0.720. The van der Waals surface area contributed by atoms with Crippen molar-refractivity contribution >= 4 is 9.84 Å². The van der Waals surface area contributed by atoms with Crippen LogP contribution in [-0.2, 0) is 9.84 Å². The van der Waals surface area contributed by atoms with Gasteiger partial charge in [0.15, 0.2) is 9.84 Å². The van der Waals surface area contributed by atoms with Gasteiger partial charge in [-0.2, -0.15) is 0 Å². The van der Waals surface area contributed by atoms with Crippen LogP contribution in [0.4, 0.5) is 0 Å². The lowest BCUT2D eigenvalue weighted by Crippen LogP contribution is -2.41. The first kappa shape index (κ1) is 14.8. The lowest BCUT2D eigenvalue weighted by atomic mass is 9.77. The zero-order chi connectivity index (χ0) is 14.6. The van der Waals surface area contributed by atoms with Gasteiger partial charge >= 0.3 is 0 Å². The Morgan fingerprint density at radius 1 is 0.842 bits per heavy atom. The van der Waals surface area contributed by atoms with E-state index in [1.165, 1.54) is 11.1 Å². The molecule has 2 aliphatic carbocycles. The Bertz CT molecular complexity index is 492. The van der Waals surface area contributed by atoms with Gasteiger partial charge in [-0.05, 0) is 23.7 Å². The Balaban J connectivity index is 2.09. The molecule has 0 saturated heterocycles. The standard InChI is InChI=1S/C16H26O2S/c1-15(2,3)11-7-13(8-11)19(17,18)14-9-12(10-14)16(4,5)6/h7,9,13-14H,8,10H2,1-6H3. The summed E-state index contributed by atoms with van der Waals surface area (Å²) in [6.45, 7) is 12.8. The molecule has 2 unspecified atom stereocenters. The third kappa shape index (κ3) is 2.67. The summed E-state index contributed by atoms with van der Waals surface area (Å²) < 4.78 is 24.9. The summed E-state index contributed by atoms with van der Waals surface area (Å²) in [6.07, 6.45) is 5.39. The molecule has 2 nitrogen and oxygen atoms in total.